The Morgan fingerprint density at radius 3 is 2.59 bits per heavy atom. The number of aromatic nitrogens is 7. The van der Waals surface area contributed by atoms with Crippen LogP contribution in [0.2, 0.25) is 0 Å². The lowest BCUT2D eigenvalue weighted by Crippen LogP contribution is -2.24. The summed E-state index contributed by atoms with van der Waals surface area (Å²) in [6.45, 7) is 0.174. The van der Waals surface area contributed by atoms with Gasteiger partial charge in [-0.25, -0.2) is 40.9 Å². The van der Waals surface area contributed by atoms with E-state index in [1.165, 1.54) is 30.7 Å². The van der Waals surface area contributed by atoms with Crippen LogP contribution in [0.25, 0.3) is 56.0 Å². The number of nitrogens with one attached hydrogen (secondary N) is 2. The van der Waals surface area contributed by atoms with Gasteiger partial charge in [-0.15, -0.1) is 0 Å². The zero-order valence-corrected chi connectivity index (χ0v) is 25.2. The summed E-state index contributed by atoms with van der Waals surface area (Å²) < 4.78 is 81.6. The highest BCUT2D eigenvalue weighted by molar-refractivity contribution is 7.90. The van der Waals surface area contributed by atoms with Gasteiger partial charge in [0.05, 0.1) is 23.2 Å². The van der Waals surface area contributed by atoms with Crippen LogP contribution in [-0.4, -0.2) is 79.5 Å². The zero-order valence-electron chi connectivity index (χ0n) is 24.4. The molecule has 46 heavy (non-hydrogen) atoms. The standard InChI is InChI=1S/C31H26F4N8O2S/c1-46(44,45)7-3-17-8-19(11-21(32)10-17)22-2-5-37-29-26(22)39-30(40-29)27-24-25(33)23(14-38-28(24)42-41-27)20-9-18(12-36-13-20)15-43-6-4-31(34,35)16-43/h2,5,8-14H,3-4,6-7,15-16H2,1H3,(H,37,39,40)(H,38,41,42). The van der Waals surface area contributed by atoms with E-state index in [-0.39, 0.29) is 72.0 Å². The van der Waals surface area contributed by atoms with Crippen LogP contribution in [0, 0.1) is 11.6 Å². The number of hydrogen-bond acceptors (Lipinski definition) is 8. The van der Waals surface area contributed by atoms with E-state index in [1.807, 2.05) is 0 Å². The van der Waals surface area contributed by atoms with Crippen molar-refractivity contribution in [3.63, 3.8) is 0 Å². The van der Waals surface area contributed by atoms with E-state index in [1.54, 1.807) is 29.3 Å². The van der Waals surface area contributed by atoms with Crippen LogP contribution in [0.5, 0.6) is 0 Å². The first-order valence-corrected chi connectivity index (χ1v) is 16.4. The first kappa shape index (κ1) is 29.9. The third-order valence-corrected chi connectivity index (χ3v) is 8.88. The van der Waals surface area contributed by atoms with Gasteiger partial charge in [0.15, 0.2) is 17.1 Å². The largest absolute Gasteiger partial charge is 0.335 e. The van der Waals surface area contributed by atoms with Crippen LogP contribution in [0.3, 0.4) is 0 Å². The number of sulfone groups is 1. The monoisotopic (exact) mass is 650 g/mol. The lowest BCUT2D eigenvalue weighted by atomic mass is 10.0. The van der Waals surface area contributed by atoms with Gasteiger partial charge in [-0.1, -0.05) is 6.07 Å². The Morgan fingerprint density at radius 1 is 0.978 bits per heavy atom. The molecule has 10 nitrogen and oxygen atoms in total. The SMILES string of the molecule is CS(=O)(=O)CCc1cc(F)cc(-c2ccnc3nc(-c4[nH]nc5ncc(-c6cncc(CN7CCC(F)(F)C7)c6)c(F)c45)[nH]c23)c1. The normalized spacial score (nSPS) is 15.3. The van der Waals surface area contributed by atoms with Crippen LogP contribution in [-0.2, 0) is 22.8 Å². The van der Waals surface area contributed by atoms with Crippen LogP contribution < -0.4 is 0 Å². The fraction of sp³-hybridized carbons (Fsp3) is 0.258. The maximum atomic E-state index is 16.2. The van der Waals surface area contributed by atoms with Crippen LogP contribution >= 0.6 is 0 Å². The maximum absolute atomic E-state index is 16.2. The molecule has 0 aliphatic carbocycles. The molecule has 7 rings (SSSR count). The number of hydrogen-bond donors (Lipinski definition) is 2. The molecule has 0 saturated carbocycles. The fourth-order valence-corrected chi connectivity index (χ4v) is 6.37. The quantitative estimate of drug-likeness (QED) is 0.211. The van der Waals surface area contributed by atoms with Crippen molar-refractivity contribution >= 4 is 32.0 Å². The zero-order chi connectivity index (χ0) is 32.2. The summed E-state index contributed by atoms with van der Waals surface area (Å²) in [5.41, 5.74) is 3.85. The van der Waals surface area contributed by atoms with Gasteiger partial charge < -0.3 is 4.98 Å². The molecule has 6 aromatic rings. The Bertz CT molecular complexity index is 2240. The van der Waals surface area contributed by atoms with Gasteiger partial charge in [0.1, 0.15) is 27.2 Å². The third-order valence-electron chi connectivity index (χ3n) is 7.94. The summed E-state index contributed by atoms with van der Waals surface area (Å²) >= 11 is 0. The number of nitrogens with zero attached hydrogens (tertiary/aromatic N) is 6. The van der Waals surface area contributed by atoms with Crippen molar-refractivity contribution in [2.45, 2.75) is 25.3 Å². The number of aromatic amines is 2. The van der Waals surface area contributed by atoms with E-state index >= 15 is 4.39 Å². The molecule has 1 saturated heterocycles. The van der Waals surface area contributed by atoms with Crippen molar-refractivity contribution in [1.82, 2.24) is 40.0 Å². The first-order valence-electron chi connectivity index (χ1n) is 14.3. The molecule has 0 radical (unpaired) electrons. The van der Waals surface area contributed by atoms with Gasteiger partial charge in [0.25, 0.3) is 5.92 Å². The lowest BCUT2D eigenvalue weighted by Gasteiger charge is -2.15. The number of aryl methyl sites for hydroxylation is 1. The molecule has 1 fully saturated rings. The minimum absolute atomic E-state index is 0.0662. The van der Waals surface area contributed by atoms with E-state index in [0.29, 0.717) is 33.3 Å². The second-order valence-corrected chi connectivity index (χ2v) is 13.8. The van der Waals surface area contributed by atoms with Crippen molar-refractivity contribution in [2.75, 3.05) is 25.1 Å². The predicted molar refractivity (Wildman–Crippen MR) is 164 cm³/mol. The van der Waals surface area contributed by atoms with E-state index in [4.69, 9.17) is 0 Å². The number of benzene rings is 1. The summed E-state index contributed by atoms with van der Waals surface area (Å²) in [5, 5.41) is 7.02. The van der Waals surface area contributed by atoms with Crippen LogP contribution in [0.15, 0.2) is 55.1 Å². The molecule has 0 amide bonds. The summed E-state index contributed by atoms with van der Waals surface area (Å²) in [6.07, 6.45) is 6.98. The van der Waals surface area contributed by atoms with E-state index in [9.17, 15) is 21.6 Å². The van der Waals surface area contributed by atoms with Gasteiger partial charge in [0.2, 0.25) is 0 Å². The number of fused-ring (bicyclic) bond motifs is 2. The highest BCUT2D eigenvalue weighted by atomic mass is 32.2. The second-order valence-electron chi connectivity index (χ2n) is 11.6. The number of imidazole rings is 1. The highest BCUT2D eigenvalue weighted by Gasteiger charge is 2.38. The number of rotatable bonds is 8. The smallest absolute Gasteiger partial charge is 0.261 e. The molecule has 236 valence electrons. The lowest BCUT2D eigenvalue weighted by molar-refractivity contribution is 0.0115. The minimum atomic E-state index is -3.25. The summed E-state index contributed by atoms with van der Waals surface area (Å²) in [4.78, 5) is 22.2. The summed E-state index contributed by atoms with van der Waals surface area (Å²) in [5.74, 6) is -3.79. The molecule has 6 heterocycles. The average Bonchev–Trinajstić information content (AvgIpc) is 3.72. The van der Waals surface area contributed by atoms with Crippen LogP contribution in [0.4, 0.5) is 17.6 Å². The average molecular weight is 651 g/mol. The summed E-state index contributed by atoms with van der Waals surface area (Å²) in [7, 11) is -3.25. The number of pyridine rings is 3. The van der Waals surface area contributed by atoms with Crippen molar-refractivity contribution in [2.24, 2.45) is 0 Å². The second kappa shape index (κ2) is 11.2. The van der Waals surface area contributed by atoms with Gasteiger partial charge in [-0.3, -0.25) is 15.0 Å². The third kappa shape index (κ3) is 5.95. The van der Waals surface area contributed by atoms with Crippen LogP contribution in [0.1, 0.15) is 17.5 Å². The molecule has 0 spiro atoms. The molecular weight excluding hydrogens is 624 g/mol. The first-order chi connectivity index (χ1) is 21.9. The molecule has 1 aliphatic heterocycles. The molecule has 0 unspecified atom stereocenters. The van der Waals surface area contributed by atoms with E-state index < -0.39 is 27.4 Å². The van der Waals surface area contributed by atoms with Crippen molar-refractivity contribution < 1.29 is 26.0 Å². The molecule has 2 N–H and O–H groups in total. The van der Waals surface area contributed by atoms with Gasteiger partial charge in [-0.2, -0.15) is 5.10 Å². The predicted octanol–water partition coefficient (Wildman–Crippen LogP) is 5.33. The Balaban J connectivity index is 1.25. The molecule has 1 aromatic carbocycles. The van der Waals surface area contributed by atoms with Gasteiger partial charge in [-0.05, 0) is 47.4 Å². The number of halogens is 4. The van der Waals surface area contributed by atoms with E-state index in [0.717, 1.165) is 6.26 Å². The highest BCUT2D eigenvalue weighted by Crippen LogP contribution is 2.35. The fourth-order valence-electron chi connectivity index (χ4n) is 5.77. The molecule has 1 aliphatic rings. The Morgan fingerprint density at radius 2 is 1.80 bits per heavy atom. The Hall–Kier alpha value is -4.76. The van der Waals surface area contributed by atoms with Crippen molar-refractivity contribution in [3.8, 4) is 33.8 Å². The minimum Gasteiger partial charge on any atom is -0.335 e. The molecule has 15 heteroatoms. The molecular formula is C31H26F4N8O2S. The number of likely N-dealkylation sites (tertiary alicyclic amines) is 1. The van der Waals surface area contributed by atoms with Crippen molar-refractivity contribution in [3.05, 3.63) is 77.9 Å². The van der Waals surface area contributed by atoms with Gasteiger partial charge in [0, 0.05) is 67.2 Å². The number of H-pyrrole nitrogens is 2. The summed E-state index contributed by atoms with van der Waals surface area (Å²) in [6, 6.07) is 7.72. The molecule has 5 aromatic heterocycles. The van der Waals surface area contributed by atoms with E-state index in [2.05, 4.69) is 35.1 Å². The topological polar surface area (TPSA) is 133 Å². The maximum Gasteiger partial charge on any atom is 0.261 e. The van der Waals surface area contributed by atoms with Crippen molar-refractivity contribution in [1.29, 1.82) is 0 Å². The Kier molecular flexibility index (Phi) is 7.31. The Labute approximate surface area is 259 Å². The van der Waals surface area contributed by atoms with Gasteiger partial charge >= 0.3 is 0 Å². The molecule has 0 atom stereocenters. The molecule has 0 bridgehead atoms. The number of alkyl halides is 2.